The highest BCUT2D eigenvalue weighted by molar-refractivity contribution is 8.13. The number of amides is 1. The molecule has 0 fully saturated rings. The Morgan fingerprint density at radius 2 is 2.00 bits per heavy atom. The SMILES string of the molecule is Cc1ccc(C(N)=O)cc1S(=O)(=O)Cl. The van der Waals surface area contributed by atoms with Gasteiger partial charge < -0.3 is 5.73 Å². The molecule has 76 valence electrons. The van der Waals surface area contributed by atoms with Gasteiger partial charge in [0.25, 0.3) is 9.05 Å². The van der Waals surface area contributed by atoms with Crippen LogP contribution >= 0.6 is 10.7 Å². The van der Waals surface area contributed by atoms with Crippen molar-refractivity contribution in [3.63, 3.8) is 0 Å². The van der Waals surface area contributed by atoms with E-state index in [4.69, 9.17) is 16.4 Å². The number of rotatable bonds is 2. The molecular formula is C8H8ClNO3S. The molecule has 4 nitrogen and oxygen atoms in total. The highest BCUT2D eigenvalue weighted by atomic mass is 35.7. The van der Waals surface area contributed by atoms with Crippen LogP contribution in [0.3, 0.4) is 0 Å². The topological polar surface area (TPSA) is 77.2 Å². The second kappa shape index (κ2) is 3.59. The average Bonchev–Trinajstić information content (AvgIpc) is 2.02. The first kappa shape index (κ1) is 11.0. The molecule has 1 aromatic carbocycles. The van der Waals surface area contributed by atoms with Gasteiger partial charge in [0, 0.05) is 16.2 Å². The lowest BCUT2D eigenvalue weighted by molar-refractivity contribution is 0.1000. The van der Waals surface area contributed by atoms with Crippen molar-refractivity contribution in [2.45, 2.75) is 11.8 Å². The van der Waals surface area contributed by atoms with Crippen LogP contribution in [-0.2, 0) is 9.05 Å². The van der Waals surface area contributed by atoms with E-state index in [1.54, 1.807) is 6.92 Å². The third-order valence-electron chi connectivity index (χ3n) is 1.74. The van der Waals surface area contributed by atoms with Gasteiger partial charge in [-0.25, -0.2) is 8.42 Å². The summed E-state index contributed by atoms with van der Waals surface area (Å²) in [7, 11) is 1.34. The van der Waals surface area contributed by atoms with Gasteiger partial charge in [-0.05, 0) is 24.6 Å². The number of benzene rings is 1. The van der Waals surface area contributed by atoms with Crippen molar-refractivity contribution in [1.29, 1.82) is 0 Å². The van der Waals surface area contributed by atoms with Crippen LogP contribution in [0.2, 0.25) is 0 Å². The zero-order valence-corrected chi connectivity index (χ0v) is 8.89. The summed E-state index contributed by atoms with van der Waals surface area (Å²) in [4.78, 5) is 10.7. The maximum Gasteiger partial charge on any atom is 0.261 e. The van der Waals surface area contributed by atoms with Crippen LogP contribution in [0, 0.1) is 6.92 Å². The molecule has 0 saturated heterocycles. The van der Waals surface area contributed by atoms with Crippen LogP contribution in [0.25, 0.3) is 0 Å². The minimum atomic E-state index is -3.83. The summed E-state index contributed by atoms with van der Waals surface area (Å²) < 4.78 is 22.1. The van der Waals surface area contributed by atoms with Gasteiger partial charge >= 0.3 is 0 Å². The van der Waals surface area contributed by atoms with Crippen molar-refractivity contribution >= 4 is 25.6 Å². The molecule has 0 radical (unpaired) electrons. The van der Waals surface area contributed by atoms with Crippen molar-refractivity contribution in [3.8, 4) is 0 Å². The van der Waals surface area contributed by atoms with Crippen LogP contribution in [0.15, 0.2) is 23.1 Å². The number of aryl methyl sites for hydroxylation is 1. The second-order valence-electron chi connectivity index (χ2n) is 2.78. The summed E-state index contributed by atoms with van der Waals surface area (Å²) in [5, 5.41) is 0. The molecule has 0 spiro atoms. The first-order valence-corrected chi connectivity index (χ1v) is 5.98. The van der Waals surface area contributed by atoms with Gasteiger partial charge in [-0.2, -0.15) is 0 Å². The summed E-state index contributed by atoms with van der Waals surface area (Å²) in [5.41, 5.74) is 5.60. The van der Waals surface area contributed by atoms with E-state index >= 15 is 0 Å². The Kier molecular flexibility index (Phi) is 2.82. The van der Waals surface area contributed by atoms with E-state index in [9.17, 15) is 13.2 Å². The largest absolute Gasteiger partial charge is 0.366 e. The Morgan fingerprint density at radius 1 is 1.43 bits per heavy atom. The van der Waals surface area contributed by atoms with E-state index in [2.05, 4.69) is 0 Å². The fourth-order valence-electron chi connectivity index (χ4n) is 1.02. The maximum absolute atomic E-state index is 11.0. The van der Waals surface area contributed by atoms with Gasteiger partial charge in [0.1, 0.15) is 0 Å². The van der Waals surface area contributed by atoms with Crippen LogP contribution in [0.1, 0.15) is 15.9 Å². The minimum Gasteiger partial charge on any atom is -0.366 e. The highest BCUT2D eigenvalue weighted by Gasteiger charge is 2.15. The summed E-state index contributed by atoms with van der Waals surface area (Å²) in [5.74, 6) is -0.688. The Labute approximate surface area is 86.1 Å². The fourth-order valence-corrected chi connectivity index (χ4v) is 2.24. The number of carbonyl (C=O) groups is 1. The minimum absolute atomic E-state index is 0.0875. The zero-order valence-electron chi connectivity index (χ0n) is 7.32. The number of primary amides is 1. The molecule has 0 aliphatic rings. The lowest BCUT2D eigenvalue weighted by Gasteiger charge is -2.03. The molecule has 2 N–H and O–H groups in total. The van der Waals surface area contributed by atoms with Crippen molar-refractivity contribution < 1.29 is 13.2 Å². The van der Waals surface area contributed by atoms with E-state index in [1.807, 2.05) is 0 Å². The molecule has 0 heterocycles. The van der Waals surface area contributed by atoms with Crippen molar-refractivity contribution in [2.24, 2.45) is 5.73 Å². The quantitative estimate of drug-likeness (QED) is 0.775. The molecule has 1 amide bonds. The predicted molar refractivity (Wildman–Crippen MR) is 52.7 cm³/mol. The van der Waals surface area contributed by atoms with Crippen LogP contribution in [-0.4, -0.2) is 14.3 Å². The van der Waals surface area contributed by atoms with Crippen molar-refractivity contribution in [1.82, 2.24) is 0 Å². The average molecular weight is 234 g/mol. The molecule has 0 aromatic heterocycles. The molecule has 0 unspecified atom stereocenters. The Morgan fingerprint density at radius 3 is 2.43 bits per heavy atom. The number of carbonyl (C=O) groups excluding carboxylic acids is 1. The van der Waals surface area contributed by atoms with E-state index in [-0.39, 0.29) is 10.5 Å². The summed E-state index contributed by atoms with van der Waals surface area (Å²) >= 11 is 0. The normalized spacial score (nSPS) is 11.3. The van der Waals surface area contributed by atoms with Gasteiger partial charge in [-0.15, -0.1) is 0 Å². The molecule has 0 saturated carbocycles. The van der Waals surface area contributed by atoms with E-state index in [1.165, 1.54) is 18.2 Å². The fraction of sp³-hybridized carbons (Fsp3) is 0.125. The molecule has 0 bridgehead atoms. The Hall–Kier alpha value is -1.07. The van der Waals surface area contributed by atoms with Gasteiger partial charge in [0.2, 0.25) is 5.91 Å². The van der Waals surface area contributed by atoms with Crippen molar-refractivity contribution in [3.05, 3.63) is 29.3 Å². The monoisotopic (exact) mass is 233 g/mol. The summed E-state index contributed by atoms with van der Waals surface area (Å²) in [6.07, 6.45) is 0. The smallest absolute Gasteiger partial charge is 0.261 e. The molecule has 6 heteroatoms. The predicted octanol–water partition coefficient (Wildman–Crippen LogP) is 1.02. The molecular weight excluding hydrogens is 226 g/mol. The Balaban J connectivity index is 3.44. The lowest BCUT2D eigenvalue weighted by atomic mass is 10.1. The van der Waals surface area contributed by atoms with Crippen LogP contribution in [0.4, 0.5) is 0 Å². The number of halogens is 1. The van der Waals surface area contributed by atoms with E-state index in [0.29, 0.717) is 5.56 Å². The number of hydrogen-bond donors (Lipinski definition) is 1. The first-order valence-electron chi connectivity index (χ1n) is 3.67. The summed E-state index contributed by atoms with van der Waals surface area (Å²) in [6.45, 7) is 1.58. The molecule has 0 aliphatic heterocycles. The third-order valence-corrected chi connectivity index (χ3v) is 3.20. The van der Waals surface area contributed by atoms with Gasteiger partial charge in [-0.1, -0.05) is 6.07 Å². The van der Waals surface area contributed by atoms with Crippen molar-refractivity contribution in [2.75, 3.05) is 0 Å². The standard InChI is InChI=1S/C8H8ClNO3S/c1-5-2-3-6(8(10)11)4-7(5)14(9,12)13/h2-4H,1H3,(H2,10,11). The highest BCUT2D eigenvalue weighted by Crippen LogP contribution is 2.20. The van der Waals surface area contributed by atoms with E-state index < -0.39 is 15.0 Å². The molecule has 14 heavy (non-hydrogen) atoms. The van der Waals surface area contributed by atoms with Gasteiger partial charge in [0.15, 0.2) is 0 Å². The molecule has 0 atom stereocenters. The molecule has 0 aliphatic carbocycles. The molecule has 1 aromatic rings. The van der Waals surface area contributed by atoms with Gasteiger partial charge in [-0.3, -0.25) is 4.79 Å². The lowest BCUT2D eigenvalue weighted by Crippen LogP contribution is -2.11. The third kappa shape index (κ3) is 2.24. The van der Waals surface area contributed by atoms with Crippen LogP contribution in [0.5, 0.6) is 0 Å². The maximum atomic E-state index is 11.0. The van der Waals surface area contributed by atoms with E-state index in [0.717, 1.165) is 0 Å². The first-order chi connectivity index (χ1) is 6.32. The van der Waals surface area contributed by atoms with Crippen LogP contribution < -0.4 is 5.73 Å². The summed E-state index contributed by atoms with van der Waals surface area (Å²) in [6, 6.07) is 4.10. The van der Waals surface area contributed by atoms with Gasteiger partial charge in [0.05, 0.1) is 4.90 Å². The number of nitrogens with two attached hydrogens (primary N) is 1. The zero-order chi connectivity index (χ0) is 10.9. The second-order valence-corrected chi connectivity index (χ2v) is 5.32. The number of hydrogen-bond acceptors (Lipinski definition) is 3. The Bertz CT molecular complexity index is 481. The molecule has 1 rings (SSSR count).